The molecule has 1 fully saturated rings. The topological polar surface area (TPSA) is 57.0 Å². The van der Waals surface area contributed by atoms with Gasteiger partial charge in [-0.1, -0.05) is 24.1 Å². The molecule has 2 heterocycles. The molecule has 0 bridgehead atoms. The van der Waals surface area contributed by atoms with Gasteiger partial charge >= 0.3 is 0 Å². The van der Waals surface area contributed by atoms with Crippen LogP contribution >= 0.6 is 0 Å². The largest absolute Gasteiger partial charge is 0.493 e. The Morgan fingerprint density at radius 2 is 1.88 bits per heavy atom. The van der Waals surface area contributed by atoms with E-state index in [0.717, 1.165) is 42.3 Å². The molecule has 1 aromatic carbocycles. The van der Waals surface area contributed by atoms with Crippen molar-refractivity contribution in [2.24, 2.45) is 0 Å². The van der Waals surface area contributed by atoms with Crippen LogP contribution in [-0.2, 0) is 6.54 Å². The molecule has 1 aliphatic rings. The number of aryl methyl sites for hydroxylation is 1. The van der Waals surface area contributed by atoms with Crippen molar-refractivity contribution in [3.05, 3.63) is 35.2 Å². The van der Waals surface area contributed by atoms with E-state index in [9.17, 15) is 0 Å². The molecule has 1 unspecified atom stereocenters. The summed E-state index contributed by atoms with van der Waals surface area (Å²) in [4.78, 5) is 2.46. The molecule has 1 aromatic heterocycles. The number of hydrogen-bond acceptors (Lipinski definition) is 6. The molecule has 0 N–H and O–H groups in total. The highest BCUT2D eigenvalue weighted by molar-refractivity contribution is 5.55. The lowest BCUT2D eigenvalue weighted by atomic mass is 10.1. The fourth-order valence-electron chi connectivity index (χ4n) is 3.73. The van der Waals surface area contributed by atoms with Gasteiger partial charge in [0.1, 0.15) is 0 Å². The van der Waals surface area contributed by atoms with Crippen molar-refractivity contribution < 1.29 is 18.7 Å². The maximum atomic E-state index is 5.66. The van der Waals surface area contributed by atoms with Crippen LogP contribution in [0.3, 0.4) is 0 Å². The van der Waals surface area contributed by atoms with Crippen LogP contribution < -0.4 is 14.2 Å². The molecule has 6 nitrogen and oxygen atoms in total. The van der Waals surface area contributed by atoms with Crippen molar-refractivity contribution in [2.45, 2.75) is 45.2 Å². The van der Waals surface area contributed by atoms with Gasteiger partial charge in [0, 0.05) is 18.2 Å². The van der Waals surface area contributed by atoms with Crippen molar-refractivity contribution in [3.8, 4) is 17.2 Å². The molecule has 0 amide bonds. The lowest BCUT2D eigenvalue weighted by Crippen LogP contribution is -2.28. The fourth-order valence-corrected chi connectivity index (χ4v) is 3.73. The number of ether oxygens (including phenoxy) is 3. The van der Waals surface area contributed by atoms with Crippen LogP contribution in [0.1, 0.15) is 48.7 Å². The molecule has 1 aliphatic heterocycles. The molecule has 0 aliphatic carbocycles. The van der Waals surface area contributed by atoms with Crippen molar-refractivity contribution in [1.29, 1.82) is 0 Å². The molecule has 2 aromatic rings. The standard InChI is InChI=1S/C20H28N2O4/c1-14-12-18(26-21-14)16-8-6-5-7-11-22(16)13-15-9-10-17(23-2)20(25-4)19(15)24-3/h9-10,12,16H,5-8,11,13H2,1-4H3. The number of nitrogens with zero attached hydrogens (tertiary/aromatic N) is 2. The van der Waals surface area contributed by atoms with Gasteiger partial charge in [0.2, 0.25) is 5.75 Å². The molecular weight excluding hydrogens is 332 g/mol. The molecular formula is C20H28N2O4. The summed E-state index contributed by atoms with van der Waals surface area (Å²) >= 11 is 0. The van der Waals surface area contributed by atoms with Crippen molar-refractivity contribution in [2.75, 3.05) is 27.9 Å². The van der Waals surface area contributed by atoms with Crippen molar-refractivity contribution in [3.63, 3.8) is 0 Å². The number of rotatable bonds is 6. The Bertz CT molecular complexity index is 729. The van der Waals surface area contributed by atoms with Gasteiger partial charge < -0.3 is 18.7 Å². The number of methoxy groups -OCH3 is 3. The summed E-state index contributed by atoms with van der Waals surface area (Å²) in [6, 6.07) is 6.27. The first-order valence-electron chi connectivity index (χ1n) is 9.13. The minimum atomic E-state index is 0.233. The molecule has 0 spiro atoms. The number of hydrogen-bond donors (Lipinski definition) is 0. The van der Waals surface area contributed by atoms with Gasteiger partial charge in [0.15, 0.2) is 17.3 Å². The summed E-state index contributed by atoms with van der Waals surface area (Å²) < 4.78 is 22.2. The van der Waals surface area contributed by atoms with E-state index in [0.29, 0.717) is 11.5 Å². The maximum absolute atomic E-state index is 5.66. The normalized spacial score (nSPS) is 18.4. The highest BCUT2D eigenvalue weighted by Gasteiger charge is 2.27. The predicted molar refractivity (Wildman–Crippen MR) is 99.0 cm³/mol. The zero-order chi connectivity index (χ0) is 18.5. The summed E-state index contributed by atoms with van der Waals surface area (Å²) in [5.41, 5.74) is 2.00. The third-order valence-corrected chi connectivity index (χ3v) is 5.00. The second-order valence-electron chi connectivity index (χ2n) is 6.70. The van der Waals surface area contributed by atoms with E-state index in [1.165, 1.54) is 19.3 Å². The first-order chi connectivity index (χ1) is 12.7. The molecule has 142 valence electrons. The average Bonchev–Trinajstić information content (AvgIpc) is 2.95. The van der Waals surface area contributed by atoms with E-state index in [1.807, 2.05) is 19.1 Å². The van der Waals surface area contributed by atoms with E-state index >= 15 is 0 Å². The summed E-state index contributed by atoms with van der Waals surface area (Å²) in [6.45, 7) is 3.74. The number of aromatic nitrogens is 1. The van der Waals surface area contributed by atoms with Crippen LogP contribution in [0.5, 0.6) is 17.2 Å². The van der Waals surface area contributed by atoms with Gasteiger partial charge in [-0.05, 0) is 32.4 Å². The molecule has 6 heteroatoms. The SMILES string of the molecule is COc1ccc(CN2CCCCCC2c2cc(C)no2)c(OC)c1OC. The highest BCUT2D eigenvalue weighted by atomic mass is 16.5. The maximum Gasteiger partial charge on any atom is 0.203 e. The first kappa shape index (κ1) is 18.6. The van der Waals surface area contributed by atoms with Gasteiger partial charge in [-0.2, -0.15) is 0 Å². The van der Waals surface area contributed by atoms with Crippen LogP contribution in [-0.4, -0.2) is 37.9 Å². The smallest absolute Gasteiger partial charge is 0.203 e. The van der Waals surface area contributed by atoms with E-state index < -0.39 is 0 Å². The molecule has 1 atom stereocenters. The minimum absolute atomic E-state index is 0.233. The van der Waals surface area contributed by atoms with E-state index in [4.69, 9.17) is 18.7 Å². The van der Waals surface area contributed by atoms with Gasteiger partial charge in [-0.15, -0.1) is 0 Å². The van der Waals surface area contributed by atoms with Gasteiger partial charge in [0.05, 0.1) is 33.1 Å². The zero-order valence-electron chi connectivity index (χ0n) is 16.1. The number of likely N-dealkylation sites (tertiary alicyclic amines) is 1. The second kappa shape index (κ2) is 8.45. The van der Waals surface area contributed by atoms with E-state index in [1.54, 1.807) is 21.3 Å². The van der Waals surface area contributed by atoms with Crippen molar-refractivity contribution in [1.82, 2.24) is 10.1 Å². The number of benzene rings is 1. The Kier molecular flexibility index (Phi) is 6.04. The first-order valence-corrected chi connectivity index (χ1v) is 9.13. The Morgan fingerprint density at radius 1 is 1.08 bits per heavy atom. The van der Waals surface area contributed by atoms with Crippen LogP contribution in [0, 0.1) is 6.92 Å². The summed E-state index contributed by atoms with van der Waals surface area (Å²) in [7, 11) is 4.94. The monoisotopic (exact) mass is 360 g/mol. The summed E-state index contributed by atoms with van der Waals surface area (Å²) in [5, 5.41) is 4.08. The predicted octanol–water partition coefficient (Wildman–Crippen LogP) is 4.13. The Morgan fingerprint density at radius 3 is 2.54 bits per heavy atom. The lowest BCUT2D eigenvalue weighted by molar-refractivity contribution is 0.158. The third-order valence-electron chi connectivity index (χ3n) is 5.00. The summed E-state index contributed by atoms with van der Waals surface area (Å²) in [5.74, 6) is 2.98. The molecule has 0 radical (unpaired) electrons. The molecule has 1 saturated heterocycles. The highest BCUT2D eigenvalue weighted by Crippen LogP contribution is 2.41. The minimum Gasteiger partial charge on any atom is -0.493 e. The molecule has 0 saturated carbocycles. The fraction of sp³-hybridized carbons (Fsp3) is 0.550. The second-order valence-corrected chi connectivity index (χ2v) is 6.70. The van der Waals surface area contributed by atoms with Gasteiger partial charge in [-0.25, -0.2) is 0 Å². The molecule has 3 rings (SSSR count). The quantitative estimate of drug-likeness (QED) is 0.772. The van der Waals surface area contributed by atoms with Crippen LogP contribution in [0.25, 0.3) is 0 Å². The Balaban J connectivity index is 1.92. The molecule has 26 heavy (non-hydrogen) atoms. The van der Waals surface area contributed by atoms with Crippen LogP contribution in [0.4, 0.5) is 0 Å². The lowest BCUT2D eigenvalue weighted by Gasteiger charge is -2.29. The summed E-state index contributed by atoms with van der Waals surface area (Å²) in [6.07, 6.45) is 4.69. The zero-order valence-corrected chi connectivity index (χ0v) is 16.1. The Hall–Kier alpha value is -2.21. The van der Waals surface area contributed by atoms with E-state index in [2.05, 4.69) is 16.1 Å². The van der Waals surface area contributed by atoms with Gasteiger partial charge in [0.25, 0.3) is 0 Å². The Labute approximate surface area is 155 Å². The van der Waals surface area contributed by atoms with Crippen molar-refractivity contribution >= 4 is 0 Å². The third kappa shape index (κ3) is 3.80. The van der Waals surface area contributed by atoms with Crippen LogP contribution in [0.2, 0.25) is 0 Å². The average molecular weight is 360 g/mol. The van der Waals surface area contributed by atoms with Gasteiger partial charge in [-0.3, -0.25) is 4.90 Å². The van der Waals surface area contributed by atoms with E-state index in [-0.39, 0.29) is 6.04 Å². The van der Waals surface area contributed by atoms with Crippen LogP contribution in [0.15, 0.2) is 22.7 Å².